The van der Waals surface area contributed by atoms with Crippen molar-refractivity contribution in [3.8, 4) is 11.3 Å². The van der Waals surface area contributed by atoms with Crippen LogP contribution in [-0.2, 0) is 5.41 Å². The molecule has 30 heavy (non-hydrogen) atoms. The van der Waals surface area contributed by atoms with Crippen molar-refractivity contribution in [2.75, 3.05) is 0 Å². The zero-order valence-electron chi connectivity index (χ0n) is 18.3. The molecule has 0 atom stereocenters. The van der Waals surface area contributed by atoms with Crippen LogP contribution in [0.1, 0.15) is 46.2 Å². The molecule has 5 rings (SSSR count). The molecule has 0 saturated heterocycles. The van der Waals surface area contributed by atoms with E-state index >= 15 is 0 Å². The van der Waals surface area contributed by atoms with Crippen LogP contribution in [0.5, 0.6) is 0 Å². The van der Waals surface area contributed by atoms with Gasteiger partial charge in [-0.25, -0.2) is 9.97 Å². The van der Waals surface area contributed by atoms with Crippen molar-refractivity contribution in [3.05, 3.63) is 72.6 Å². The summed E-state index contributed by atoms with van der Waals surface area (Å²) < 4.78 is 2.34. The first-order valence-electron chi connectivity index (χ1n) is 10.6. The number of rotatable bonds is 2. The number of benzene rings is 3. The number of fused-ring (bicyclic) bond motifs is 5. The smallest absolute Gasteiger partial charge is 0.145 e. The van der Waals surface area contributed by atoms with Gasteiger partial charge in [0.1, 0.15) is 12.0 Å². The third-order valence-corrected chi connectivity index (χ3v) is 6.01. The molecule has 0 aliphatic heterocycles. The molecule has 2 heterocycles. The summed E-state index contributed by atoms with van der Waals surface area (Å²) in [5.41, 5.74) is 5.80. The van der Waals surface area contributed by atoms with Crippen molar-refractivity contribution < 1.29 is 0 Å². The summed E-state index contributed by atoms with van der Waals surface area (Å²) in [4.78, 5) is 9.52. The second kappa shape index (κ2) is 6.66. The van der Waals surface area contributed by atoms with E-state index in [1.807, 2.05) is 0 Å². The monoisotopic (exact) mass is 393 g/mol. The van der Waals surface area contributed by atoms with Crippen LogP contribution < -0.4 is 0 Å². The van der Waals surface area contributed by atoms with Gasteiger partial charge >= 0.3 is 0 Å². The van der Waals surface area contributed by atoms with Crippen LogP contribution in [0.15, 0.2) is 67.0 Å². The van der Waals surface area contributed by atoms with Crippen LogP contribution in [-0.4, -0.2) is 14.5 Å². The molecule has 0 N–H and O–H groups in total. The third kappa shape index (κ3) is 2.80. The highest BCUT2D eigenvalue weighted by Crippen LogP contribution is 2.40. The Bertz CT molecular complexity index is 1380. The fourth-order valence-corrected chi connectivity index (χ4v) is 4.50. The first kappa shape index (κ1) is 18.8. The van der Waals surface area contributed by atoms with Gasteiger partial charge in [0.25, 0.3) is 0 Å². The van der Waals surface area contributed by atoms with Crippen LogP contribution in [0.25, 0.3) is 44.0 Å². The van der Waals surface area contributed by atoms with E-state index in [2.05, 4.69) is 99.8 Å². The number of aromatic nitrogens is 3. The van der Waals surface area contributed by atoms with Crippen LogP contribution in [0.2, 0.25) is 0 Å². The van der Waals surface area contributed by atoms with E-state index in [1.165, 1.54) is 27.2 Å². The van der Waals surface area contributed by atoms with Gasteiger partial charge in [0.15, 0.2) is 0 Å². The maximum atomic E-state index is 4.77. The minimum Gasteiger partial charge on any atom is -0.323 e. The van der Waals surface area contributed by atoms with Gasteiger partial charge in [-0.3, -0.25) is 0 Å². The Labute approximate surface area is 177 Å². The van der Waals surface area contributed by atoms with Crippen molar-refractivity contribution in [2.45, 2.75) is 46.1 Å². The summed E-state index contributed by atoms with van der Waals surface area (Å²) in [6.45, 7) is 11.2. The molecule has 3 nitrogen and oxygen atoms in total. The Morgan fingerprint density at radius 2 is 1.53 bits per heavy atom. The molecule has 2 aromatic heterocycles. The van der Waals surface area contributed by atoms with E-state index in [4.69, 9.17) is 9.97 Å². The highest BCUT2D eigenvalue weighted by Gasteiger charge is 2.21. The first-order chi connectivity index (χ1) is 14.4. The van der Waals surface area contributed by atoms with E-state index in [1.54, 1.807) is 6.33 Å². The summed E-state index contributed by atoms with van der Waals surface area (Å²) in [5, 5.41) is 4.88. The molecule has 3 heteroatoms. The first-order valence-corrected chi connectivity index (χ1v) is 10.6. The van der Waals surface area contributed by atoms with Crippen LogP contribution in [0.3, 0.4) is 0 Å². The van der Waals surface area contributed by atoms with Crippen molar-refractivity contribution in [1.82, 2.24) is 14.5 Å². The lowest BCUT2D eigenvalue weighted by Crippen LogP contribution is -2.10. The summed E-state index contributed by atoms with van der Waals surface area (Å²) in [5.74, 6) is 0. The Hall–Kier alpha value is -3.20. The van der Waals surface area contributed by atoms with Gasteiger partial charge in [-0.1, -0.05) is 75.4 Å². The van der Waals surface area contributed by atoms with E-state index in [0.717, 1.165) is 22.3 Å². The highest BCUT2D eigenvalue weighted by atomic mass is 15.1. The van der Waals surface area contributed by atoms with Crippen LogP contribution in [0, 0.1) is 0 Å². The molecule has 5 aromatic rings. The molecule has 150 valence electrons. The molecule has 0 aliphatic carbocycles. The lowest BCUT2D eigenvalue weighted by Gasteiger charge is -2.19. The van der Waals surface area contributed by atoms with Gasteiger partial charge in [-0.2, -0.15) is 0 Å². The largest absolute Gasteiger partial charge is 0.323 e. The maximum Gasteiger partial charge on any atom is 0.145 e. The van der Waals surface area contributed by atoms with Crippen molar-refractivity contribution >= 4 is 32.7 Å². The predicted octanol–water partition coefficient (Wildman–Crippen LogP) is 7.28. The van der Waals surface area contributed by atoms with Crippen molar-refractivity contribution in [2.24, 2.45) is 0 Å². The SMILES string of the molecule is CC(C)n1c2ccc3ccccc3c2c2c(-c3ccc(C(C)(C)C)cc3)ncnc21. The molecule has 0 bridgehead atoms. The molecular formula is C27H27N3. The zero-order valence-corrected chi connectivity index (χ0v) is 18.3. The van der Waals surface area contributed by atoms with E-state index in [0.29, 0.717) is 6.04 Å². The van der Waals surface area contributed by atoms with Gasteiger partial charge in [0.2, 0.25) is 0 Å². The average molecular weight is 394 g/mol. The van der Waals surface area contributed by atoms with Gasteiger partial charge < -0.3 is 4.57 Å². The molecule has 0 spiro atoms. The predicted molar refractivity (Wildman–Crippen MR) is 127 cm³/mol. The van der Waals surface area contributed by atoms with Gasteiger partial charge in [0, 0.05) is 17.0 Å². The second-order valence-electron chi connectivity index (χ2n) is 9.39. The molecule has 0 saturated carbocycles. The standard InChI is InChI=1S/C27H27N3/c1-17(2)30-22-15-12-18-8-6-7-9-21(18)23(22)24-25(28-16-29-26(24)30)19-10-13-20(14-11-19)27(3,4)5/h6-17H,1-5H3. The highest BCUT2D eigenvalue weighted by molar-refractivity contribution is 6.23. The Balaban J connectivity index is 1.90. The lowest BCUT2D eigenvalue weighted by atomic mass is 9.86. The molecule has 0 radical (unpaired) electrons. The number of hydrogen-bond donors (Lipinski definition) is 0. The molecule has 0 aliphatic rings. The minimum atomic E-state index is 0.128. The number of nitrogens with zero attached hydrogens (tertiary/aromatic N) is 3. The van der Waals surface area contributed by atoms with Gasteiger partial charge in [-0.15, -0.1) is 0 Å². The second-order valence-corrected chi connectivity index (χ2v) is 9.39. The Morgan fingerprint density at radius 1 is 0.800 bits per heavy atom. The number of hydrogen-bond acceptors (Lipinski definition) is 2. The summed E-state index contributed by atoms with van der Waals surface area (Å²) in [6, 6.07) is 22.2. The fraction of sp³-hybridized carbons (Fsp3) is 0.259. The van der Waals surface area contributed by atoms with E-state index < -0.39 is 0 Å². The third-order valence-electron chi connectivity index (χ3n) is 6.01. The average Bonchev–Trinajstić information content (AvgIpc) is 3.08. The molecular weight excluding hydrogens is 366 g/mol. The van der Waals surface area contributed by atoms with Crippen LogP contribution in [0.4, 0.5) is 0 Å². The Morgan fingerprint density at radius 3 is 2.23 bits per heavy atom. The zero-order chi connectivity index (χ0) is 21.0. The van der Waals surface area contributed by atoms with E-state index in [-0.39, 0.29) is 5.41 Å². The summed E-state index contributed by atoms with van der Waals surface area (Å²) >= 11 is 0. The van der Waals surface area contributed by atoms with E-state index in [9.17, 15) is 0 Å². The van der Waals surface area contributed by atoms with Crippen molar-refractivity contribution in [1.29, 1.82) is 0 Å². The van der Waals surface area contributed by atoms with Gasteiger partial charge in [0.05, 0.1) is 16.6 Å². The summed E-state index contributed by atoms with van der Waals surface area (Å²) in [7, 11) is 0. The van der Waals surface area contributed by atoms with Crippen molar-refractivity contribution in [3.63, 3.8) is 0 Å². The molecule has 3 aromatic carbocycles. The minimum absolute atomic E-state index is 0.128. The summed E-state index contributed by atoms with van der Waals surface area (Å²) in [6.07, 6.45) is 1.70. The Kier molecular flexibility index (Phi) is 4.18. The maximum absolute atomic E-state index is 4.77. The quantitative estimate of drug-likeness (QED) is 0.315. The molecule has 0 fully saturated rings. The lowest BCUT2D eigenvalue weighted by molar-refractivity contribution is 0.590. The normalized spacial score (nSPS) is 12.5. The molecule has 0 amide bonds. The van der Waals surface area contributed by atoms with Gasteiger partial charge in [-0.05, 0) is 41.7 Å². The fourth-order valence-electron chi connectivity index (χ4n) is 4.50. The van der Waals surface area contributed by atoms with Crippen LogP contribution >= 0.6 is 0 Å². The molecule has 0 unspecified atom stereocenters. The topological polar surface area (TPSA) is 30.7 Å².